The van der Waals surface area contributed by atoms with E-state index in [0.717, 1.165) is 66.9 Å². The predicted octanol–water partition coefficient (Wildman–Crippen LogP) is 15.3. The molecule has 62 heavy (non-hydrogen) atoms. The van der Waals surface area contributed by atoms with E-state index in [1.807, 2.05) is 65.4 Å². The van der Waals surface area contributed by atoms with E-state index in [1.54, 1.807) is 12.1 Å². The molecule has 0 saturated carbocycles. The minimum absolute atomic E-state index is 0.0737. The Kier molecular flexibility index (Phi) is 8.81. The molecule has 0 aliphatic rings. The van der Waals surface area contributed by atoms with E-state index in [9.17, 15) is 5.11 Å². The lowest BCUT2D eigenvalue weighted by molar-refractivity contribution is 0.446. The van der Waals surface area contributed by atoms with E-state index >= 15 is 0 Å². The second kappa shape index (κ2) is 15.8. The molecule has 0 unspecified atom stereocenters. The molecule has 9 rings (SSSR count). The summed E-state index contributed by atoms with van der Waals surface area (Å²) in [6, 6.07) is 42.8. The SMILES string of the molecule is [2H]c1c([2H])c([2H])c(-c2ccccc2-n2c(-c3cc(C(C)(C)C)cc(C(C)(C)C)c3O)nc3c(-c4cc(-c5ccccc5)cc(-c5ncc(C)c(-c6ccccc6)c5C)c4)cccc32)c([2H])c1[2H]. The number of hydrogen-bond acceptors (Lipinski definition) is 3. The standard InChI is InChI=1S/C58H53N3O/c1-37-36-59-53(38(2)52(37)41-25-16-11-17-26-41)44-32-42(39-21-12-9-13-22-39)31-43(33-44)47-28-20-30-51-54(47)60-56(48-34-45(57(3,4)5)35-49(55(48)62)58(6,7)8)61(51)50-29-19-18-27-46(50)40-23-14-10-15-24-40/h9-36,62H,1-8H3/i10D,14D,15D,23D,24D. The quantitative estimate of drug-likeness (QED) is 0.174. The lowest BCUT2D eigenvalue weighted by atomic mass is 9.79. The summed E-state index contributed by atoms with van der Waals surface area (Å²) in [5, 5.41) is 12.5. The summed E-state index contributed by atoms with van der Waals surface area (Å²) in [6.45, 7) is 16.9. The number of aromatic nitrogens is 3. The topological polar surface area (TPSA) is 50.9 Å². The highest BCUT2D eigenvalue weighted by atomic mass is 16.3. The Bertz CT molecular complexity index is 3370. The fraction of sp³-hybridized carbons (Fsp3) is 0.172. The number of rotatable bonds is 7. The molecular weight excluding hydrogens is 755 g/mol. The van der Waals surface area contributed by atoms with Crippen LogP contribution in [-0.4, -0.2) is 19.6 Å². The normalized spacial score (nSPS) is 13.1. The van der Waals surface area contributed by atoms with Gasteiger partial charge in [0.2, 0.25) is 0 Å². The van der Waals surface area contributed by atoms with Crippen LogP contribution in [0.3, 0.4) is 0 Å². The third-order valence-electron chi connectivity index (χ3n) is 11.8. The highest BCUT2D eigenvalue weighted by Gasteiger charge is 2.29. The number of phenolic OH excluding ortho intramolecular Hbond substituents is 1. The van der Waals surface area contributed by atoms with Gasteiger partial charge in [-0.2, -0.15) is 0 Å². The molecule has 0 bridgehead atoms. The first-order chi connectivity index (χ1) is 31.8. The number of fused-ring (bicyclic) bond motifs is 1. The van der Waals surface area contributed by atoms with Gasteiger partial charge in [-0.05, 0) is 111 Å². The van der Waals surface area contributed by atoms with Gasteiger partial charge in [-0.3, -0.25) is 9.55 Å². The minimum atomic E-state index is -0.460. The molecule has 9 aromatic rings. The van der Waals surface area contributed by atoms with Gasteiger partial charge in [0.05, 0.1) is 34.8 Å². The molecule has 0 saturated heterocycles. The first kappa shape index (κ1) is 34.6. The fourth-order valence-corrected chi connectivity index (χ4v) is 8.63. The molecule has 0 aliphatic heterocycles. The summed E-state index contributed by atoms with van der Waals surface area (Å²) in [5.41, 5.74) is 14.0. The maximum Gasteiger partial charge on any atom is 0.149 e. The first-order valence-corrected chi connectivity index (χ1v) is 21.1. The zero-order chi connectivity index (χ0) is 47.7. The molecule has 2 aromatic heterocycles. The van der Waals surface area contributed by atoms with Crippen LogP contribution in [0.5, 0.6) is 5.75 Å². The van der Waals surface area contributed by atoms with Gasteiger partial charge < -0.3 is 5.11 Å². The average Bonchev–Trinajstić information content (AvgIpc) is 3.70. The number of para-hydroxylation sites is 2. The largest absolute Gasteiger partial charge is 0.507 e. The summed E-state index contributed by atoms with van der Waals surface area (Å²) in [6.07, 6.45) is 1.95. The highest BCUT2D eigenvalue weighted by molar-refractivity contribution is 5.98. The Morgan fingerprint density at radius 2 is 1.19 bits per heavy atom. The summed E-state index contributed by atoms with van der Waals surface area (Å²) >= 11 is 0. The van der Waals surface area contributed by atoms with Crippen LogP contribution >= 0.6 is 0 Å². The van der Waals surface area contributed by atoms with Gasteiger partial charge in [-0.1, -0.05) is 169 Å². The molecule has 0 aliphatic carbocycles. The summed E-state index contributed by atoms with van der Waals surface area (Å²) in [5.74, 6) is 0.543. The number of hydrogen-bond donors (Lipinski definition) is 1. The van der Waals surface area contributed by atoms with Crippen molar-refractivity contribution in [3.8, 4) is 78.6 Å². The fourth-order valence-electron chi connectivity index (χ4n) is 8.63. The summed E-state index contributed by atoms with van der Waals surface area (Å²) in [7, 11) is 0. The van der Waals surface area contributed by atoms with Crippen LogP contribution in [0.1, 0.15) is 70.7 Å². The Hall–Kier alpha value is -7.04. The Labute approximate surface area is 373 Å². The van der Waals surface area contributed by atoms with Crippen LogP contribution < -0.4 is 0 Å². The van der Waals surface area contributed by atoms with Gasteiger partial charge in [0.25, 0.3) is 0 Å². The Morgan fingerprint density at radius 3 is 1.89 bits per heavy atom. The van der Waals surface area contributed by atoms with Crippen molar-refractivity contribution < 1.29 is 12.0 Å². The molecule has 7 aromatic carbocycles. The lowest BCUT2D eigenvalue weighted by Gasteiger charge is -2.27. The van der Waals surface area contributed by atoms with Gasteiger partial charge in [0, 0.05) is 28.5 Å². The van der Waals surface area contributed by atoms with Crippen LogP contribution in [0.2, 0.25) is 0 Å². The molecule has 0 radical (unpaired) electrons. The maximum atomic E-state index is 12.5. The molecule has 0 atom stereocenters. The molecule has 0 amide bonds. The lowest BCUT2D eigenvalue weighted by Crippen LogP contribution is -2.17. The Balaban J connectivity index is 1.39. The molecule has 1 N–H and O–H groups in total. The van der Waals surface area contributed by atoms with Gasteiger partial charge in [0.1, 0.15) is 11.6 Å². The summed E-state index contributed by atoms with van der Waals surface area (Å²) < 4.78 is 45.8. The second-order valence-corrected chi connectivity index (χ2v) is 18.2. The number of aryl methyl sites for hydroxylation is 1. The molecular formula is C58H53N3O. The van der Waals surface area contributed by atoms with Gasteiger partial charge in [-0.25, -0.2) is 4.98 Å². The van der Waals surface area contributed by atoms with Crippen molar-refractivity contribution in [1.82, 2.24) is 14.5 Å². The number of benzene rings is 7. The molecule has 0 spiro atoms. The zero-order valence-electron chi connectivity index (χ0n) is 41.6. The van der Waals surface area contributed by atoms with Crippen molar-refractivity contribution >= 4 is 11.0 Å². The number of imidazole rings is 1. The third-order valence-corrected chi connectivity index (χ3v) is 11.8. The van der Waals surface area contributed by atoms with E-state index in [0.29, 0.717) is 33.7 Å². The molecule has 4 nitrogen and oxygen atoms in total. The molecule has 0 fully saturated rings. The van der Waals surface area contributed by atoms with E-state index in [1.165, 1.54) is 0 Å². The van der Waals surface area contributed by atoms with Crippen LogP contribution in [-0.2, 0) is 10.8 Å². The highest BCUT2D eigenvalue weighted by Crippen LogP contribution is 2.46. The zero-order valence-corrected chi connectivity index (χ0v) is 36.6. The van der Waals surface area contributed by atoms with E-state index in [2.05, 4.69) is 122 Å². The third kappa shape index (κ3) is 7.40. The average molecular weight is 813 g/mol. The van der Waals surface area contributed by atoms with Crippen molar-refractivity contribution in [3.05, 3.63) is 192 Å². The molecule has 306 valence electrons. The van der Waals surface area contributed by atoms with Crippen molar-refractivity contribution in [1.29, 1.82) is 0 Å². The van der Waals surface area contributed by atoms with Crippen molar-refractivity contribution in [3.63, 3.8) is 0 Å². The van der Waals surface area contributed by atoms with Gasteiger partial charge in [0.15, 0.2) is 0 Å². The van der Waals surface area contributed by atoms with Crippen molar-refractivity contribution in [2.24, 2.45) is 0 Å². The number of aromatic hydroxyl groups is 1. The van der Waals surface area contributed by atoms with Crippen LogP contribution in [0.15, 0.2) is 170 Å². The number of phenols is 1. The Morgan fingerprint density at radius 1 is 0.565 bits per heavy atom. The maximum absolute atomic E-state index is 12.5. The number of nitrogens with zero attached hydrogens (tertiary/aromatic N) is 3. The van der Waals surface area contributed by atoms with E-state index < -0.39 is 23.5 Å². The van der Waals surface area contributed by atoms with Crippen molar-refractivity contribution in [2.45, 2.75) is 66.2 Å². The molecule has 2 heterocycles. The first-order valence-electron chi connectivity index (χ1n) is 23.6. The van der Waals surface area contributed by atoms with Crippen LogP contribution in [0.4, 0.5) is 0 Å². The van der Waals surface area contributed by atoms with Gasteiger partial charge in [-0.15, -0.1) is 0 Å². The van der Waals surface area contributed by atoms with Crippen LogP contribution in [0.25, 0.3) is 83.9 Å². The smallest absolute Gasteiger partial charge is 0.149 e. The minimum Gasteiger partial charge on any atom is -0.507 e. The second-order valence-electron chi connectivity index (χ2n) is 18.2. The van der Waals surface area contributed by atoms with Crippen molar-refractivity contribution in [2.75, 3.05) is 0 Å². The monoisotopic (exact) mass is 812 g/mol. The predicted molar refractivity (Wildman–Crippen MR) is 260 cm³/mol. The van der Waals surface area contributed by atoms with E-state index in [4.69, 9.17) is 16.8 Å². The number of pyridine rings is 1. The van der Waals surface area contributed by atoms with Gasteiger partial charge >= 0.3 is 0 Å². The van der Waals surface area contributed by atoms with E-state index in [-0.39, 0.29) is 28.8 Å². The van der Waals surface area contributed by atoms with Crippen LogP contribution in [0, 0.1) is 13.8 Å². The summed E-state index contributed by atoms with van der Waals surface area (Å²) in [4.78, 5) is 10.6. The molecule has 4 heteroatoms.